The van der Waals surface area contributed by atoms with Gasteiger partial charge in [0.25, 0.3) is 0 Å². The molecule has 0 radical (unpaired) electrons. The third-order valence-electron chi connectivity index (χ3n) is 4.78. The highest BCUT2D eigenvalue weighted by Gasteiger charge is 2.16. The Bertz CT molecular complexity index is 689. The van der Waals surface area contributed by atoms with Crippen LogP contribution in [0.15, 0.2) is 30.3 Å². The van der Waals surface area contributed by atoms with Crippen molar-refractivity contribution in [1.82, 2.24) is 4.72 Å². The van der Waals surface area contributed by atoms with Crippen LogP contribution in [-0.2, 0) is 30.5 Å². The van der Waals surface area contributed by atoms with E-state index in [2.05, 4.69) is 23.1 Å². The average Bonchev–Trinajstić information content (AvgIpc) is 2.79. The second-order valence-electron chi connectivity index (χ2n) is 7.82. The zero-order valence-electron chi connectivity index (χ0n) is 20.1. The van der Waals surface area contributed by atoms with Crippen molar-refractivity contribution in [2.75, 3.05) is 25.6 Å². The molecule has 2 atom stereocenters. The van der Waals surface area contributed by atoms with Gasteiger partial charge < -0.3 is 14.7 Å². The average molecular weight is 508 g/mol. The summed E-state index contributed by atoms with van der Waals surface area (Å²) in [5.74, 6) is 0.179. The molecule has 0 fully saturated rings. The number of hydrogen-bond acceptors (Lipinski definition) is 7. The number of unbranched alkanes of at least 4 members (excludes halogenated alkanes) is 6. The lowest BCUT2D eigenvalue weighted by atomic mass is 10.1. The smallest absolute Gasteiger partial charge is 0.488 e. The van der Waals surface area contributed by atoms with Crippen molar-refractivity contribution in [2.45, 2.75) is 84.3 Å². The molecule has 8 nitrogen and oxygen atoms in total. The molecule has 33 heavy (non-hydrogen) atoms. The summed E-state index contributed by atoms with van der Waals surface area (Å²) in [4.78, 5) is 9.99. The Labute approximate surface area is 201 Å². The Kier molecular flexibility index (Phi) is 21.0. The van der Waals surface area contributed by atoms with Crippen LogP contribution >= 0.6 is 8.25 Å². The summed E-state index contributed by atoms with van der Waals surface area (Å²) in [6.45, 7) is 4.96. The highest BCUT2D eigenvalue weighted by atomic mass is 32.2. The van der Waals surface area contributed by atoms with Crippen molar-refractivity contribution in [3.05, 3.63) is 35.9 Å². The van der Waals surface area contributed by atoms with Crippen LogP contribution in [0.25, 0.3) is 0 Å². The van der Waals surface area contributed by atoms with Crippen molar-refractivity contribution in [2.24, 2.45) is 0 Å². The van der Waals surface area contributed by atoms with Gasteiger partial charge in [0.05, 0.1) is 25.6 Å². The van der Waals surface area contributed by atoms with Crippen molar-refractivity contribution >= 4 is 18.3 Å². The first kappa shape index (κ1) is 32.1. The van der Waals surface area contributed by atoms with Crippen LogP contribution < -0.4 is 9.62 Å². The number of benzene rings is 1. The second-order valence-corrected chi connectivity index (χ2v) is 10.4. The van der Waals surface area contributed by atoms with E-state index in [-0.39, 0.29) is 31.6 Å². The molecule has 2 N–H and O–H groups in total. The third kappa shape index (κ3) is 21.3. The van der Waals surface area contributed by atoms with E-state index in [0.29, 0.717) is 13.0 Å². The zero-order chi connectivity index (χ0) is 24.8. The van der Waals surface area contributed by atoms with E-state index in [9.17, 15) is 23.0 Å². The van der Waals surface area contributed by atoms with E-state index in [0.717, 1.165) is 50.5 Å². The van der Waals surface area contributed by atoms with E-state index < -0.39 is 18.3 Å². The van der Waals surface area contributed by atoms with E-state index in [1.807, 2.05) is 30.3 Å². The van der Waals surface area contributed by atoms with Crippen LogP contribution in [0.1, 0.15) is 77.2 Å². The molecule has 1 rings (SSSR count). The fourth-order valence-corrected chi connectivity index (χ4v) is 4.60. The lowest BCUT2D eigenvalue weighted by Crippen LogP contribution is -2.38. The summed E-state index contributed by atoms with van der Waals surface area (Å²) in [6.07, 6.45) is 8.97. The molecule has 0 heterocycles. The Morgan fingerprint density at radius 2 is 1.64 bits per heavy atom. The standard InChI is InChI=1S/C14H31NO3S.C9H11O4P/c1-3-5-7-9-11-14(13-16)15-19(17,18)12-10-8-6-4-2;10-14(11)13-7-6-12-8-9-4-2-1-3-5-9/h14-16H,3-13H2,1-2H3;1-5H,6-8H2. The molecule has 0 saturated heterocycles. The maximum Gasteiger partial charge on any atom is 0.488 e. The number of hydrogen-bond donors (Lipinski definition) is 2. The Morgan fingerprint density at radius 1 is 1.00 bits per heavy atom. The summed E-state index contributed by atoms with van der Waals surface area (Å²) >= 11 is 0. The molecule has 1 aromatic rings. The van der Waals surface area contributed by atoms with Crippen LogP contribution in [0.2, 0.25) is 0 Å². The lowest BCUT2D eigenvalue weighted by molar-refractivity contribution is -0.186. The minimum Gasteiger partial charge on any atom is -0.566 e. The molecule has 192 valence electrons. The lowest BCUT2D eigenvalue weighted by Gasteiger charge is -2.16. The predicted octanol–water partition coefficient (Wildman–Crippen LogP) is 4.05. The van der Waals surface area contributed by atoms with Crippen LogP contribution in [-0.4, -0.2) is 45.1 Å². The van der Waals surface area contributed by atoms with Gasteiger partial charge in [-0.3, -0.25) is 0 Å². The molecule has 0 aliphatic carbocycles. The first-order valence-electron chi connectivity index (χ1n) is 11.8. The summed E-state index contributed by atoms with van der Waals surface area (Å²) in [6, 6.07) is 9.33. The van der Waals surface area contributed by atoms with Gasteiger partial charge in [-0.15, -0.1) is 4.52 Å². The van der Waals surface area contributed by atoms with Gasteiger partial charge in [0.15, 0.2) is 0 Å². The molecule has 1 aromatic carbocycles. The zero-order valence-corrected chi connectivity index (χ0v) is 21.8. The highest BCUT2D eigenvalue weighted by molar-refractivity contribution is 7.89. The van der Waals surface area contributed by atoms with Crippen LogP contribution in [0.5, 0.6) is 0 Å². The number of sulfonamides is 1. The maximum absolute atomic E-state index is 11.8. The van der Waals surface area contributed by atoms with Gasteiger partial charge in [0, 0.05) is 6.04 Å². The third-order valence-corrected chi connectivity index (χ3v) is 6.69. The SMILES string of the molecule is CCCCCCC(CO)NS(=O)(=O)CCCCCC.O=[P+]([O-])OCCOCc1ccccc1. The predicted molar refractivity (Wildman–Crippen MR) is 130 cm³/mol. The fourth-order valence-electron chi connectivity index (χ4n) is 2.97. The number of rotatable bonds is 19. The topological polar surface area (TPSA) is 125 Å². The number of nitrogens with one attached hydrogen (secondary N) is 1. The van der Waals surface area contributed by atoms with Gasteiger partial charge in [-0.25, -0.2) is 13.1 Å². The van der Waals surface area contributed by atoms with Crippen LogP contribution in [0.3, 0.4) is 0 Å². The van der Waals surface area contributed by atoms with Gasteiger partial charge >= 0.3 is 8.25 Å². The molecule has 2 unspecified atom stereocenters. The quantitative estimate of drug-likeness (QED) is 0.214. The normalized spacial score (nSPS) is 12.7. The minimum atomic E-state index is -3.23. The molecule has 0 aliphatic heterocycles. The van der Waals surface area contributed by atoms with Crippen LogP contribution in [0.4, 0.5) is 0 Å². The van der Waals surface area contributed by atoms with E-state index in [4.69, 9.17) is 4.74 Å². The van der Waals surface area contributed by atoms with Crippen molar-refractivity contribution in [1.29, 1.82) is 0 Å². The number of ether oxygens (including phenoxy) is 1. The van der Waals surface area contributed by atoms with E-state index in [1.165, 1.54) is 6.42 Å². The first-order valence-corrected chi connectivity index (χ1v) is 14.6. The largest absolute Gasteiger partial charge is 0.566 e. The molecular weight excluding hydrogens is 465 g/mol. The molecule has 0 bridgehead atoms. The summed E-state index contributed by atoms with van der Waals surface area (Å²) in [5, 5.41) is 9.23. The summed E-state index contributed by atoms with van der Waals surface area (Å²) < 4.78 is 45.8. The molecular formula is C23H42NO7PS. The van der Waals surface area contributed by atoms with Crippen molar-refractivity contribution < 1.29 is 32.2 Å². The van der Waals surface area contributed by atoms with Gasteiger partial charge in [-0.1, -0.05) is 89.1 Å². The molecule has 0 saturated carbocycles. The number of aliphatic hydroxyl groups is 1. The minimum absolute atomic E-state index is 0.0749. The van der Waals surface area contributed by atoms with E-state index in [1.54, 1.807) is 0 Å². The maximum atomic E-state index is 11.8. The monoisotopic (exact) mass is 507 g/mol. The van der Waals surface area contributed by atoms with E-state index >= 15 is 0 Å². The van der Waals surface area contributed by atoms with Gasteiger partial charge in [0.1, 0.15) is 6.61 Å². The second kappa shape index (κ2) is 21.6. The number of aliphatic hydroxyl groups excluding tert-OH is 1. The Hall–Kier alpha value is -0.930. The molecule has 0 spiro atoms. The van der Waals surface area contributed by atoms with Crippen molar-refractivity contribution in [3.8, 4) is 0 Å². The molecule has 0 amide bonds. The molecule has 0 aliphatic rings. The fraction of sp³-hybridized carbons (Fsp3) is 0.739. The summed E-state index contributed by atoms with van der Waals surface area (Å²) in [7, 11) is -5.98. The van der Waals surface area contributed by atoms with Gasteiger partial charge in [-0.2, -0.15) is 0 Å². The van der Waals surface area contributed by atoms with Crippen LogP contribution in [0, 0.1) is 0 Å². The molecule has 10 heteroatoms. The Morgan fingerprint density at radius 3 is 2.21 bits per heavy atom. The van der Waals surface area contributed by atoms with Gasteiger partial charge in [-0.05, 0) is 23.0 Å². The molecule has 0 aromatic heterocycles. The van der Waals surface area contributed by atoms with Gasteiger partial charge in [0.2, 0.25) is 10.0 Å². The first-order chi connectivity index (χ1) is 15.8. The highest BCUT2D eigenvalue weighted by Crippen LogP contribution is 2.08. The summed E-state index contributed by atoms with van der Waals surface area (Å²) in [5.41, 5.74) is 1.05. The van der Waals surface area contributed by atoms with Crippen molar-refractivity contribution in [3.63, 3.8) is 0 Å². The Balaban J connectivity index is 0.000000647.